The number of likely N-dealkylation sites (tertiary alicyclic amines) is 1. The molecule has 8 heteroatoms. The summed E-state index contributed by atoms with van der Waals surface area (Å²) in [5.74, 6) is 0.553. The van der Waals surface area contributed by atoms with Crippen molar-refractivity contribution in [2.45, 2.75) is 23.5 Å². The predicted molar refractivity (Wildman–Crippen MR) is 82.9 cm³/mol. The minimum absolute atomic E-state index is 0.0368. The highest BCUT2D eigenvalue weighted by molar-refractivity contribution is 7.91. The van der Waals surface area contributed by atoms with Gasteiger partial charge in [0.2, 0.25) is 10.0 Å². The minimum Gasteiger partial charge on any atom is -0.339 e. The third kappa shape index (κ3) is 4.26. The van der Waals surface area contributed by atoms with Gasteiger partial charge in [0.15, 0.2) is 0 Å². The summed E-state index contributed by atoms with van der Waals surface area (Å²) in [7, 11) is -1.78. The number of nitrogens with zero attached hydrogens (tertiary/aromatic N) is 1. The minimum atomic E-state index is -3.72. The van der Waals surface area contributed by atoms with Crippen molar-refractivity contribution in [1.29, 1.82) is 0 Å². The Morgan fingerprint density at radius 1 is 1.48 bits per heavy atom. The number of rotatable bonds is 5. The van der Waals surface area contributed by atoms with Gasteiger partial charge in [0, 0.05) is 18.5 Å². The van der Waals surface area contributed by atoms with E-state index in [2.05, 4.69) is 5.32 Å². The molecule has 21 heavy (non-hydrogen) atoms. The zero-order valence-corrected chi connectivity index (χ0v) is 13.7. The van der Waals surface area contributed by atoms with Gasteiger partial charge in [0.05, 0.1) is 5.56 Å². The molecule has 0 bridgehead atoms. The van der Waals surface area contributed by atoms with E-state index in [4.69, 9.17) is 5.14 Å². The molecule has 1 aromatic rings. The van der Waals surface area contributed by atoms with Crippen molar-refractivity contribution in [3.8, 4) is 0 Å². The molecule has 1 aromatic heterocycles. The van der Waals surface area contributed by atoms with Crippen molar-refractivity contribution in [2.75, 3.05) is 26.7 Å². The number of thiophene rings is 1. The van der Waals surface area contributed by atoms with E-state index >= 15 is 0 Å². The predicted octanol–water partition coefficient (Wildman–Crippen LogP) is 0.857. The zero-order chi connectivity index (χ0) is 15.5. The Hall–Kier alpha value is -0.960. The van der Waals surface area contributed by atoms with Crippen molar-refractivity contribution in [1.82, 2.24) is 10.2 Å². The lowest BCUT2D eigenvalue weighted by Crippen LogP contribution is -2.38. The summed E-state index contributed by atoms with van der Waals surface area (Å²) in [6.07, 6.45) is 3.13. The van der Waals surface area contributed by atoms with Crippen molar-refractivity contribution < 1.29 is 13.2 Å². The van der Waals surface area contributed by atoms with Crippen LogP contribution in [-0.2, 0) is 10.0 Å². The summed E-state index contributed by atoms with van der Waals surface area (Å²) in [6, 6.07) is 1.37. The van der Waals surface area contributed by atoms with Crippen LogP contribution in [0.25, 0.3) is 0 Å². The highest BCUT2D eigenvalue weighted by Crippen LogP contribution is 2.24. The summed E-state index contributed by atoms with van der Waals surface area (Å²) >= 11 is 0.992. The number of carbonyl (C=O) groups excluding carboxylic acids is 1. The van der Waals surface area contributed by atoms with Crippen LogP contribution in [0.15, 0.2) is 15.7 Å². The molecule has 0 unspecified atom stereocenters. The van der Waals surface area contributed by atoms with Crippen molar-refractivity contribution in [3.63, 3.8) is 0 Å². The van der Waals surface area contributed by atoms with E-state index in [0.29, 0.717) is 11.5 Å². The van der Waals surface area contributed by atoms with Crippen molar-refractivity contribution >= 4 is 27.3 Å². The first-order valence-electron chi connectivity index (χ1n) is 6.97. The molecule has 2 rings (SSSR count). The number of sulfonamides is 1. The molecule has 0 atom stereocenters. The van der Waals surface area contributed by atoms with Crippen molar-refractivity contribution in [3.05, 3.63) is 17.0 Å². The lowest BCUT2D eigenvalue weighted by Gasteiger charge is -2.31. The molecule has 1 saturated heterocycles. The van der Waals surface area contributed by atoms with Crippen LogP contribution in [0.2, 0.25) is 0 Å². The number of nitrogens with one attached hydrogen (secondary N) is 1. The van der Waals surface area contributed by atoms with Gasteiger partial charge in [-0.25, -0.2) is 13.6 Å². The fraction of sp³-hybridized carbons (Fsp3) is 0.615. The number of nitrogens with two attached hydrogens (primary N) is 1. The monoisotopic (exact) mass is 331 g/mol. The lowest BCUT2D eigenvalue weighted by atomic mass is 9.93. The molecule has 0 aliphatic carbocycles. The Balaban J connectivity index is 1.94. The Bertz CT molecular complexity index is 590. The molecule has 2 heterocycles. The summed E-state index contributed by atoms with van der Waals surface area (Å²) in [4.78, 5) is 14.1. The number of piperidine rings is 1. The van der Waals surface area contributed by atoms with E-state index in [1.165, 1.54) is 6.07 Å². The quantitative estimate of drug-likeness (QED) is 0.837. The maximum atomic E-state index is 12.3. The van der Waals surface area contributed by atoms with E-state index in [9.17, 15) is 13.2 Å². The molecule has 1 amide bonds. The Labute approximate surface area is 129 Å². The van der Waals surface area contributed by atoms with Crippen LogP contribution >= 0.6 is 11.3 Å². The van der Waals surface area contributed by atoms with E-state index in [-0.39, 0.29) is 10.1 Å². The fourth-order valence-corrected chi connectivity index (χ4v) is 4.11. The first-order chi connectivity index (χ1) is 9.91. The van der Waals surface area contributed by atoms with Crippen LogP contribution < -0.4 is 10.5 Å². The van der Waals surface area contributed by atoms with E-state index in [1.54, 1.807) is 10.3 Å². The molecule has 0 spiro atoms. The van der Waals surface area contributed by atoms with E-state index < -0.39 is 10.0 Å². The van der Waals surface area contributed by atoms with Crippen LogP contribution in [0.4, 0.5) is 0 Å². The summed E-state index contributed by atoms with van der Waals surface area (Å²) in [5, 5.41) is 9.77. The second-order valence-electron chi connectivity index (χ2n) is 5.33. The van der Waals surface area contributed by atoms with Crippen LogP contribution in [-0.4, -0.2) is 45.9 Å². The van der Waals surface area contributed by atoms with Gasteiger partial charge < -0.3 is 10.2 Å². The molecule has 0 saturated carbocycles. The second kappa shape index (κ2) is 6.87. The van der Waals surface area contributed by atoms with Crippen LogP contribution in [0, 0.1) is 5.92 Å². The van der Waals surface area contributed by atoms with E-state index in [0.717, 1.165) is 50.2 Å². The third-order valence-corrected chi connectivity index (χ3v) is 6.19. The van der Waals surface area contributed by atoms with Gasteiger partial charge in [-0.3, -0.25) is 4.79 Å². The van der Waals surface area contributed by atoms with Crippen molar-refractivity contribution in [2.24, 2.45) is 11.1 Å². The normalized spacial score (nSPS) is 17.1. The lowest BCUT2D eigenvalue weighted by molar-refractivity contribution is 0.0687. The van der Waals surface area contributed by atoms with Gasteiger partial charge >= 0.3 is 0 Å². The van der Waals surface area contributed by atoms with Gasteiger partial charge in [-0.15, -0.1) is 11.3 Å². The zero-order valence-electron chi connectivity index (χ0n) is 12.0. The fourth-order valence-electron chi connectivity index (χ4n) is 2.53. The Kier molecular flexibility index (Phi) is 5.37. The first kappa shape index (κ1) is 16.4. The average Bonchev–Trinajstić information content (AvgIpc) is 2.95. The molecule has 6 nitrogen and oxygen atoms in total. The third-order valence-electron chi connectivity index (χ3n) is 3.81. The summed E-state index contributed by atoms with van der Waals surface area (Å²) in [5.41, 5.74) is 0.415. The maximum Gasteiger partial charge on any atom is 0.254 e. The molecule has 1 aliphatic rings. The molecular weight excluding hydrogens is 310 g/mol. The molecule has 118 valence electrons. The Morgan fingerprint density at radius 3 is 2.67 bits per heavy atom. The molecule has 0 radical (unpaired) electrons. The summed E-state index contributed by atoms with van der Waals surface area (Å²) in [6.45, 7) is 2.46. The van der Waals surface area contributed by atoms with Crippen LogP contribution in [0.5, 0.6) is 0 Å². The largest absolute Gasteiger partial charge is 0.339 e. The number of hydrogen-bond acceptors (Lipinski definition) is 5. The van der Waals surface area contributed by atoms with E-state index in [1.807, 2.05) is 7.05 Å². The van der Waals surface area contributed by atoms with Gasteiger partial charge in [-0.05, 0) is 44.8 Å². The number of amides is 1. The second-order valence-corrected chi connectivity index (χ2v) is 8.03. The van der Waals surface area contributed by atoms with Crippen LogP contribution in [0.1, 0.15) is 29.6 Å². The molecular formula is C13H21N3O3S2. The SMILES string of the molecule is CNCCC1CCN(C(=O)c2csc(S(N)(=O)=O)c2)CC1. The van der Waals surface area contributed by atoms with Crippen LogP contribution in [0.3, 0.4) is 0 Å². The standard InChI is InChI=1S/C13H21N3O3S2/c1-15-5-2-10-3-6-16(7-4-10)13(17)11-8-12(20-9-11)21(14,18)19/h8-10,15H,2-7H2,1H3,(H2,14,18,19). The highest BCUT2D eigenvalue weighted by atomic mass is 32.2. The van der Waals surface area contributed by atoms with Gasteiger partial charge in [0.1, 0.15) is 4.21 Å². The molecule has 0 aromatic carbocycles. The maximum absolute atomic E-state index is 12.3. The van der Waals surface area contributed by atoms with Gasteiger partial charge in [0.25, 0.3) is 5.91 Å². The van der Waals surface area contributed by atoms with Gasteiger partial charge in [-0.1, -0.05) is 0 Å². The van der Waals surface area contributed by atoms with Gasteiger partial charge in [-0.2, -0.15) is 0 Å². The topological polar surface area (TPSA) is 92.5 Å². The molecule has 3 N–H and O–H groups in total. The number of primary sulfonamides is 1. The summed E-state index contributed by atoms with van der Waals surface area (Å²) < 4.78 is 22.5. The first-order valence-corrected chi connectivity index (χ1v) is 9.39. The average molecular weight is 331 g/mol. The Morgan fingerprint density at radius 2 is 2.14 bits per heavy atom. The molecule has 1 fully saturated rings. The number of hydrogen-bond donors (Lipinski definition) is 2. The molecule has 1 aliphatic heterocycles. The smallest absolute Gasteiger partial charge is 0.254 e. The highest BCUT2D eigenvalue weighted by Gasteiger charge is 2.25. The number of carbonyl (C=O) groups is 1.